The number of rotatable bonds is 3. The van der Waals surface area contributed by atoms with Gasteiger partial charge in [-0.15, -0.1) is 5.10 Å². The molecule has 2 aromatic rings. The van der Waals surface area contributed by atoms with E-state index in [0.717, 1.165) is 17.8 Å². The molecule has 0 atom stereocenters. The van der Waals surface area contributed by atoms with Crippen LogP contribution in [0.5, 0.6) is 0 Å². The zero-order chi connectivity index (χ0) is 12.3. The van der Waals surface area contributed by atoms with E-state index in [1.807, 2.05) is 30.3 Å². The predicted octanol–water partition coefficient (Wildman–Crippen LogP) is 2.47. The van der Waals surface area contributed by atoms with Crippen LogP contribution in [-0.2, 0) is 6.54 Å². The molecule has 0 bridgehead atoms. The molecule has 0 aliphatic heterocycles. The molecule has 0 aliphatic rings. The Morgan fingerprint density at radius 1 is 1.29 bits per heavy atom. The molecule has 1 heterocycles. The lowest BCUT2D eigenvalue weighted by Gasteiger charge is -2.08. The monoisotopic (exact) mass is 226 g/mol. The number of aromatic nitrogens is 3. The molecule has 17 heavy (non-hydrogen) atoms. The fourth-order valence-electron chi connectivity index (χ4n) is 1.74. The van der Waals surface area contributed by atoms with Gasteiger partial charge in [0, 0.05) is 12.1 Å². The van der Waals surface area contributed by atoms with Crippen molar-refractivity contribution in [2.45, 2.75) is 20.4 Å². The van der Waals surface area contributed by atoms with Crippen LogP contribution in [0.4, 0.5) is 0 Å². The van der Waals surface area contributed by atoms with Gasteiger partial charge in [-0.3, -0.25) is 0 Å². The van der Waals surface area contributed by atoms with Crippen LogP contribution in [0.25, 0.3) is 11.3 Å². The summed E-state index contributed by atoms with van der Waals surface area (Å²) in [5.41, 5.74) is 2.17. The third-order valence-corrected chi connectivity index (χ3v) is 2.43. The highest BCUT2D eigenvalue weighted by molar-refractivity contribution is 5.64. The molecular formula is C13H14N4. The van der Waals surface area contributed by atoms with Crippen molar-refractivity contribution in [2.75, 3.05) is 0 Å². The molecule has 0 aliphatic carbocycles. The first kappa shape index (κ1) is 11.3. The van der Waals surface area contributed by atoms with E-state index in [2.05, 4.69) is 30.2 Å². The van der Waals surface area contributed by atoms with E-state index in [1.165, 1.54) is 0 Å². The van der Waals surface area contributed by atoms with Gasteiger partial charge in [0.25, 0.3) is 0 Å². The summed E-state index contributed by atoms with van der Waals surface area (Å²) in [5, 5.41) is 17.0. The standard InChI is InChI=1S/C13H14N4/c1-10(2)9-17-13(12(8-14)15-16-17)11-6-4-3-5-7-11/h3-7,10H,9H2,1-2H3. The Bertz CT molecular complexity index is 534. The summed E-state index contributed by atoms with van der Waals surface area (Å²) in [6.07, 6.45) is 0. The Hall–Kier alpha value is -2.15. The Morgan fingerprint density at radius 2 is 2.00 bits per heavy atom. The number of hydrogen-bond acceptors (Lipinski definition) is 3. The number of hydrogen-bond donors (Lipinski definition) is 0. The molecule has 2 rings (SSSR count). The van der Waals surface area contributed by atoms with E-state index in [-0.39, 0.29) is 0 Å². The number of nitriles is 1. The number of nitrogens with zero attached hydrogens (tertiary/aromatic N) is 4. The molecule has 0 fully saturated rings. The van der Waals surface area contributed by atoms with E-state index in [1.54, 1.807) is 4.68 Å². The first-order valence-corrected chi connectivity index (χ1v) is 5.61. The topological polar surface area (TPSA) is 54.5 Å². The molecule has 1 aromatic carbocycles. The van der Waals surface area contributed by atoms with Crippen molar-refractivity contribution < 1.29 is 0 Å². The molecule has 0 N–H and O–H groups in total. The van der Waals surface area contributed by atoms with Gasteiger partial charge in [-0.05, 0) is 5.92 Å². The number of benzene rings is 1. The van der Waals surface area contributed by atoms with Crippen molar-refractivity contribution >= 4 is 0 Å². The summed E-state index contributed by atoms with van der Waals surface area (Å²) in [6.45, 7) is 4.99. The molecule has 0 saturated carbocycles. The molecule has 4 nitrogen and oxygen atoms in total. The highest BCUT2D eigenvalue weighted by Crippen LogP contribution is 2.22. The molecule has 0 unspecified atom stereocenters. The fourth-order valence-corrected chi connectivity index (χ4v) is 1.74. The molecule has 86 valence electrons. The molecule has 1 aromatic heterocycles. The van der Waals surface area contributed by atoms with Crippen LogP contribution in [0.15, 0.2) is 30.3 Å². The first-order valence-electron chi connectivity index (χ1n) is 5.61. The Morgan fingerprint density at radius 3 is 2.59 bits per heavy atom. The SMILES string of the molecule is CC(C)Cn1nnc(C#N)c1-c1ccccc1. The van der Waals surface area contributed by atoms with Gasteiger partial charge in [-0.1, -0.05) is 49.4 Å². The van der Waals surface area contributed by atoms with Crippen molar-refractivity contribution in [3.8, 4) is 17.3 Å². The second-order valence-electron chi connectivity index (χ2n) is 4.34. The van der Waals surface area contributed by atoms with Crippen molar-refractivity contribution in [1.82, 2.24) is 15.0 Å². The minimum atomic E-state index is 0.386. The van der Waals surface area contributed by atoms with Gasteiger partial charge < -0.3 is 0 Å². The summed E-state index contributed by atoms with van der Waals surface area (Å²) >= 11 is 0. The summed E-state index contributed by atoms with van der Waals surface area (Å²) in [7, 11) is 0. The normalized spacial score (nSPS) is 10.5. The zero-order valence-electron chi connectivity index (χ0n) is 9.96. The van der Waals surface area contributed by atoms with Gasteiger partial charge in [-0.2, -0.15) is 5.26 Å². The minimum absolute atomic E-state index is 0.386. The molecule has 0 radical (unpaired) electrons. The molecule has 0 saturated heterocycles. The highest BCUT2D eigenvalue weighted by atomic mass is 15.4. The van der Waals surface area contributed by atoms with Crippen LogP contribution in [0.2, 0.25) is 0 Å². The van der Waals surface area contributed by atoms with Crippen molar-refractivity contribution in [1.29, 1.82) is 5.26 Å². The van der Waals surface area contributed by atoms with Gasteiger partial charge >= 0.3 is 0 Å². The van der Waals surface area contributed by atoms with Crippen LogP contribution < -0.4 is 0 Å². The van der Waals surface area contributed by atoms with Crippen LogP contribution >= 0.6 is 0 Å². The third-order valence-electron chi connectivity index (χ3n) is 2.43. The maximum absolute atomic E-state index is 9.06. The van der Waals surface area contributed by atoms with Gasteiger partial charge in [0.05, 0.1) is 0 Å². The predicted molar refractivity (Wildman–Crippen MR) is 65.0 cm³/mol. The van der Waals surface area contributed by atoms with Crippen LogP contribution in [0, 0.1) is 17.2 Å². The average Bonchev–Trinajstić information content (AvgIpc) is 2.72. The highest BCUT2D eigenvalue weighted by Gasteiger charge is 2.14. The Kier molecular flexibility index (Phi) is 3.20. The Labute approximate surface area is 101 Å². The lowest BCUT2D eigenvalue weighted by atomic mass is 10.1. The summed E-state index contributed by atoms with van der Waals surface area (Å²) in [5.74, 6) is 0.464. The average molecular weight is 226 g/mol. The van der Waals surface area contributed by atoms with Gasteiger partial charge in [0.2, 0.25) is 0 Å². The molecular weight excluding hydrogens is 212 g/mol. The zero-order valence-corrected chi connectivity index (χ0v) is 9.96. The lowest BCUT2D eigenvalue weighted by Crippen LogP contribution is -2.08. The van der Waals surface area contributed by atoms with Crippen molar-refractivity contribution in [2.24, 2.45) is 5.92 Å². The van der Waals surface area contributed by atoms with E-state index in [0.29, 0.717) is 11.6 Å². The van der Waals surface area contributed by atoms with E-state index in [4.69, 9.17) is 5.26 Å². The van der Waals surface area contributed by atoms with E-state index >= 15 is 0 Å². The van der Waals surface area contributed by atoms with E-state index < -0.39 is 0 Å². The first-order chi connectivity index (χ1) is 8.22. The maximum atomic E-state index is 9.06. The smallest absolute Gasteiger partial charge is 0.190 e. The van der Waals surface area contributed by atoms with Crippen LogP contribution in [-0.4, -0.2) is 15.0 Å². The maximum Gasteiger partial charge on any atom is 0.190 e. The lowest BCUT2D eigenvalue weighted by molar-refractivity contribution is 0.475. The second kappa shape index (κ2) is 4.79. The quantitative estimate of drug-likeness (QED) is 0.807. The van der Waals surface area contributed by atoms with Gasteiger partial charge in [0.15, 0.2) is 5.69 Å². The fraction of sp³-hybridized carbons (Fsp3) is 0.308. The minimum Gasteiger partial charge on any atom is -0.243 e. The summed E-state index contributed by atoms with van der Waals surface area (Å²) in [4.78, 5) is 0. The van der Waals surface area contributed by atoms with Crippen LogP contribution in [0.3, 0.4) is 0 Å². The largest absolute Gasteiger partial charge is 0.243 e. The third kappa shape index (κ3) is 2.34. The van der Waals surface area contributed by atoms with Crippen molar-refractivity contribution in [3.63, 3.8) is 0 Å². The van der Waals surface area contributed by atoms with E-state index in [9.17, 15) is 0 Å². The molecule has 4 heteroatoms. The van der Waals surface area contributed by atoms with Crippen LogP contribution in [0.1, 0.15) is 19.5 Å². The molecule has 0 amide bonds. The summed E-state index contributed by atoms with van der Waals surface area (Å²) < 4.78 is 1.80. The van der Waals surface area contributed by atoms with Gasteiger partial charge in [-0.25, -0.2) is 4.68 Å². The Balaban J connectivity index is 2.51. The second-order valence-corrected chi connectivity index (χ2v) is 4.34. The van der Waals surface area contributed by atoms with Gasteiger partial charge in [0.1, 0.15) is 11.8 Å². The molecule has 0 spiro atoms. The van der Waals surface area contributed by atoms with Crippen molar-refractivity contribution in [3.05, 3.63) is 36.0 Å². The summed E-state index contributed by atoms with van der Waals surface area (Å²) in [6, 6.07) is 11.9.